The first-order valence-electron chi connectivity index (χ1n) is 6.98. The lowest BCUT2D eigenvalue weighted by Crippen LogP contribution is -2.25. The number of anilines is 1. The van der Waals surface area contributed by atoms with Gasteiger partial charge in [0.2, 0.25) is 0 Å². The Bertz CT molecular complexity index is 443. The average Bonchev–Trinajstić information content (AvgIpc) is 3.22. The van der Waals surface area contributed by atoms with E-state index in [1.165, 1.54) is 12.8 Å². The van der Waals surface area contributed by atoms with Gasteiger partial charge in [0.25, 0.3) is 5.91 Å². The number of rotatable bonds is 7. The third-order valence-corrected chi connectivity index (χ3v) is 3.33. The monoisotopic (exact) mass is 262 g/mol. The molecule has 0 bridgehead atoms. The van der Waals surface area contributed by atoms with Gasteiger partial charge in [-0.1, -0.05) is 26.2 Å². The van der Waals surface area contributed by atoms with Gasteiger partial charge in [0, 0.05) is 17.8 Å². The molecule has 104 valence electrons. The van der Waals surface area contributed by atoms with Crippen LogP contribution in [-0.2, 0) is 6.42 Å². The van der Waals surface area contributed by atoms with Crippen molar-refractivity contribution in [2.45, 2.75) is 39.0 Å². The van der Waals surface area contributed by atoms with Gasteiger partial charge in [-0.15, -0.1) is 0 Å². The third-order valence-electron chi connectivity index (χ3n) is 3.33. The van der Waals surface area contributed by atoms with Gasteiger partial charge in [0.05, 0.1) is 0 Å². The quantitative estimate of drug-likeness (QED) is 0.517. The number of hydrogen-bond acceptors (Lipinski definition) is 4. The van der Waals surface area contributed by atoms with Crippen molar-refractivity contribution in [2.75, 3.05) is 12.0 Å². The average molecular weight is 262 g/mol. The molecule has 5 nitrogen and oxygen atoms in total. The molecule has 0 atom stereocenters. The minimum absolute atomic E-state index is 0.0445. The molecule has 2 rings (SSSR count). The van der Waals surface area contributed by atoms with Crippen LogP contribution in [0.2, 0.25) is 0 Å². The van der Waals surface area contributed by atoms with Crippen molar-refractivity contribution in [2.24, 2.45) is 11.8 Å². The van der Waals surface area contributed by atoms with Crippen LogP contribution in [0.5, 0.6) is 0 Å². The Kier molecular flexibility index (Phi) is 4.74. The topological polar surface area (TPSA) is 80.0 Å². The Hall–Kier alpha value is -1.62. The number of carbonyl (C=O) groups excluding carboxylic acids is 1. The second-order valence-corrected chi connectivity index (χ2v) is 5.11. The Morgan fingerprint density at radius 3 is 2.89 bits per heavy atom. The summed E-state index contributed by atoms with van der Waals surface area (Å²) in [6.45, 7) is 2.83. The highest BCUT2D eigenvalue weighted by Gasteiger charge is 2.20. The Morgan fingerprint density at radius 2 is 2.26 bits per heavy atom. The SMILES string of the molecule is CCCc1cc(C(=O)NCCC2CC2)cc(NN)n1. The van der Waals surface area contributed by atoms with E-state index in [1.807, 2.05) is 6.07 Å². The van der Waals surface area contributed by atoms with Crippen LogP contribution in [0.25, 0.3) is 0 Å². The molecule has 0 unspecified atom stereocenters. The molecular weight excluding hydrogens is 240 g/mol. The normalized spacial score (nSPS) is 14.2. The number of aromatic nitrogens is 1. The van der Waals surface area contributed by atoms with Crippen LogP contribution in [0.1, 0.15) is 48.7 Å². The fourth-order valence-corrected chi connectivity index (χ4v) is 2.08. The van der Waals surface area contributed by atoms with Crippen LogP contribution in [0.4, 0.5) is 5.82 Å². The van der Waals surface area contributed by atoms with Crippen molar-refractivity contribution in [3.05, 3.63) is 23.4 Å². The summed E-state index contributed by atoms with van der Waals surface area (Å²) in [5.74, 6) is 6.71. The number of pyridine rings is 1. The summed E-state index contributed by atoms with van der Waals surface area (Å²) in [5, 5.41) is 2.96. The van der Waals surface area contributed by atoms with Crippen LogP contribution in [0.15, 0.2) is 12.1 Å². The number of nitrogen functional groups attached to an aromatic ring is 1. The molecule has 1 amide bonds. The lowest BCUT2D eigenvalue weighted by atomic mass is 10.1. The van der Waals surface area contributed by atoms with E-state index in [4.69, 9.17) is 5.84 Å². The van der Waals surface area contributed by atoms with E-state index in [0.717, 1.165) is 37.4 Å². The summed E-state index contributed by atoms with van der Waals surface area (Å²) >= 11 is 0. The number of nitrogens with two attached hydrogens (primary N) is 1. The molecule has 1 aliphatic rings. The molecule has 1 saturated carbocycles. The molecule has 0 aliphatic heterocycles. The van der Waals surface area contributed by atoms with Crippen molar-refractivity contribution >= 4 is 11.7 Å². The predicted molar refractivity (Wildman–Crippen MR) is 75.7 cm³/mol. The Morgan fingerprint density at radius 1 is 1.47 bits per heavy atom. The number of carbonyl (C=O) groups is 1. The van der Waals surface area contributed by atoms with Crippen LogP contribution in [0.3, 0.4) is 0 Å². The fraction of sp³-hybridized carbons (Fsp3) is 0.571. The minimum Gasteiger partial charge on any atom is -0.352 e. The van der Waals surface area contributed by atoms with E-state index in [1.54, 1.807) is 6.07 Å². The summed E-state index contributed by atoms with van der Waals surface area (Å²) < 4.78 is 0. The Balaban J connectivity index is 1.99. The molecule has 0 aromatic carbocycles. The maximum Gasteiger partial charge on any atom is 0.251 e. The summed E-state index contributed by atoms with van der Waals surface area (Å²) in [4.78, 5) is 16.4. The van der Waals surface area contributed by atoms with Crippen LogP contribution >= 0.6 is 0 Å². The molecule has 5 heteroatoms. The first-order valence-corrected chi connectivity index (χ1v) is 6.98. The standard InChI is InChI=1S/C14H22N4O/c1-2-3-12-8-11(9-13(17-12)18-15)14(19)16-7-6-10-4-5-10/h8-10H,2-7,15H2,1H3,(H,16,19)(H,17,18). The van der Waals surface area contributed by atoms with E-state index in [0.29, 0.717) is 11.4 Å². The number of aryl methyl sites for hydroxylation is 1. The summed E-state index contributed by atoms with van der Waals surface area (Å²) in [7, 11) is 0. The van der Waals surface area contributed by atoms with Gasteiger partial charge in [0.15, 0.2) is 0 Å². The molecule has 1 aromatic rings. The maximum atomic E-state index is 12.1. The lowest BCUT2D eigenvalue weighted by molar-refractivity contribution is 0.0952. The number of nitrogens with zero attached hydrogens (tertiary/aromatic N) is 1. The molecule has 4 N–H and O–H groups in total. The smallest absolute Gasteiger partial charge is 0.251 e. The molecule has 1 heterocycles. The first-order chi connectivity index (χ1) is 9.22. The molecule has 1 aliphatic carbocycles. The van der Waals surface area contributed by atoms with Crippen LogP contribution in [0, 0.1) is 5.92 Å². The minimum atomic E-state index is -0.0445. The van der Waals surface area contributed by atoms with Gasteiger partial charge in [-0.25, -0.2) is 10.8 Å². The van der Waals surface area contributed by atoms with Gasteiger partial charge in [0.1, 0.15) is 5.82 Å². The van der Waals surface area contributed by atoms with E-state index in [-0.39, 0.29) is 5.91 Å². The van der Waals surface area contributed by atoms with E-state index < -0.39 is 0 Å². The molecule has 0 spiro atoms. The van der Waals surface area contributed by atoms with Crippen molar-refractivity contribution < 1.29 is 4.79 Å². The van der Waals surface area contributed by atoms with Gasteiger partial charge in [-0.05, 0) is 30.9 Å². The largest absolute Gasteiger partial charge is 0.352 e. The van der Waals surface area contributed by atoms with Crippen molar-refractivity contribution in [3.8, 4) is 0 Å². The third kappa shape index (κ3) is 4.21. The van der Waals surface area contributed by atoms with Gasteiger partial charge >= 0.3 is 0 Å². The highest BCUT2D eigenvalue weighted by Crippen LogP contribution is 2.31. The second kappa shape index (κ2) is 6.52. The van der Waals surface area contributed by atoms with Crippen molar-refractivity contribution in [1.82, 2.24) is 10.3 Å². The fourth-order valence-electron chi connectivity index (χ4n) is 2.08. The summed E-state index contributed by atoms with van der Waals surface area (Å²) in [5.41, 5.74) is 4.04. The van der Waals surface area contributed by atoms with Crippen LogP contribution < -0.4 is 16.6 Å². The van der Waals surface area contributed by atoms with Gasteiger partial charge in [-0.2, -0.15) is 0 Å². The highest BCUT2D eigenvalue weighted by atomic mass is 16.1. The van der Waals surface area contributed by atoms with Gasteiger partial charge < -0.3 is 10.7 Å². The summed E-state index contributed by atoms with van der Waals surface area (Å²) in [6.07, 6.45) is 5.54. The zero-order valence-electron chi connectivity index (χ0n) is 11.4. The van der Waals surface area contributed by atoms with Gasteiger partial charge in [-0.3, -0.25) is 4.79 Å². The van der Waals surface area contributed by atoms with E-state index in [2.05, 4.69) is 22.7 Å². The van der Waals surface area contributed by atoms with E-state index in [9.17, 15) is 4.79 Å². The predicted octanol–water partition coefficient (Wildman–Crippen LogP) is 1.85. The zero-order chi connectivity index (χ0) is 13.7. The molecule has 1 fully saturated rings. The number of amides is 1. The van der Waals surface area contributed by atoms with Crippen LogP contribution in [-0.4, -0.2) is 17.4 Å². The van der Waals surface area contributed by atoms with E-state index >= 15 is 0 Å². The summed E-state index contributed by atoms with van der Waals surface area (Å²) in [6, 6.07) is 3.53. The highest BCUT2D eigenvalue weighted by molar-refractivity contribution is 5.94. The van der Waals surface area contributed by atoms with Crippen molar-refractivity contribution in [3.63, 3.8) is 0 Å². The zero-order valence-corrected chi connectivity index (χ0v) is 11.4. The molecule has 0 saturated heterocycles. The molecule has 0 radical (unpaired) electrons. The maximum absolute atomic E-state index is 12.1. The second-order valence-electron chi connectivity index (χ2n) is 5.11. The Labute approximate surface area is 114 Å². The van der Waals surface area contributed by atoms with Crippen molar-refractivity contribution in [1.29, 1.82) is 0 Å². The number of hydrogen-bond donors (Lipinski definition) is 3. The molecule has 19 heavy (non-hydrogen) atoms. The molecular formula is C14H22N4O. The number of hydrazine groups is 1. The number of nitrogens with one attached hydrogen (secondary N) is 2. The lowest BCUT2D eigenvalue weighted by Gasteiger charge is -2.09. The molecule has 1 aromatic heterocycles. The first kappa shape index (κ1) is 13.8.